The number of nitrogens with zero attached hydrogens (tertiary/aromatic N) is 2. The molecule has 2 aromatic carbocycles. The standard InChI is InChI=1S/C37H46IN3O5/c1-20(2)26-18-25(38)11-12-28(26)41-29(32-30(43-6)9-8-10-31(32)44-7)19-27(40-41)34(42)39-37(33-35(45-33)46-36(3,4)5)23-14-21-13-22(16-23)17-24(37)15-21/h8-12,18-24,33,35H,13-17H2,1-7H3,(H,39,42). The van der Waals surface area contributed by atoms with E-state index in [9.17, 15) is 4.79 Å². The summed E-state index contributed by atoms with van der Waals surface area (Å²) in [5.41, 5.74) is 3.10. The predicted molar refractivity (Wildman–Crippen MR) is 186 cm³/mol. The number of carbonyl (C=O) groups is 1. The van der Waals surface area contributed by atoms with Crippen LogP contribution in [0.15, 0.2) is 42.5 Å². The molecule has 246 valence electrons. The normalized spacial score (nSPS) is 29.7. The van der Waals surface area contributed by atoms with E-state index >= 15 is 0 Å². The lowest BCUT2D eigenvalue weighted by molar-refractivity contribution is -0.0845. The molecule has 1 aliphatic heterocycles. The van der Waals surface area contributed by atoms with Gasteiger partial charge >= 0.3 is 0 Å². The molecular weight excluding hydrogens is 693 g/mol. The summed E-state index contributed by atoms with van der Waals surface area (Å²) in [4.78, 5) is 14.6. The van der Waals surface area contributed by atoms with Crippen molar-refractivity contribution in [2.75, 3.05) is 14.2 Å². The van der Waals surface area contributed by atoms with Crippen molar-refractivity contribution in [2.24, 2.45) is 23.7 Å². The van der Waals surface area contributed by atoms with Crippen LogP contribution in [-0.4, -0.2) is 53.4 Å². The number of methoxy groups -OCH3 is 2. The summed E-state index contributed by atoms with van der Waals surface area (Å²) in [6.45, 7) is 10.5. The van der Waals surface area contributed by atoms with Crippen molar-refractivity contribution in [3.63, 3.8) is 0 Å². The van der Waals surface area contributed by atoms with Gasteiger partial charge in [-0.2, -0.15) is 5.10 Å². The van der Waals surface area contributed by atoms with E-state index < -0.39 is 5.54 Å². The van der Waals surface area contributed by atoms with Gasteiger partial charge in [-0.15, -0.1) is 0 Å². The average molecular weight is 740 g/mol. The van der Waals surface area contributed by atoms with Crippen LogP contribution in [0, 0.1) is 27.2 Å². The van der Waals surface area contributed by atoms with Crippen LogP contribution in [0.2, 0.25) is 0 Å². The highest BCUT2D eigenvalue weighted by Crippen LogP contribution is 2.62. The van der Waals surface area contributed by atoms with Crippen molar-refractivity contribution in [3.05, 3.63) is 57.3 Å². The summed E-state index contributed by atoms with van der Waals surface area (Å²) in [7, 11) is 3.30. The SMILES string of the molecule is COc1cccc(OC)c1-c1cc(C(=O)NC2(C3OC3OC(C)(C)C)C3CC4CC(C3)CC2C4)nn1-c1ccc(I)cc1C(C)C. The fourth-order valence-corrected chi connectivity index (χ4v) is 9.49. The van der Waals surface area contributed by atoms with Gasteiger partial charge in [-0.25, -0.2) is 4.68 Å². The van der Waals surface area contributed by atoms with Crippen molar-refractivity contribution < 1.29 is 23.7 Å². The first-order valence-corrected chi connectivity index (χ1v) is 17.8. The van der Waals surface area contributed by atoms with Crippen LogP contribution >= 0.6 is 22.6 Å². The first-order chi connectivity index (χ1) is 21.9. The fourth-order valence-electron chi connectivity index (χ4n) is 8.98. The lowest BCUT2D eigenvalue weighted by Crippen LogP contribution is -2.69. The molecule has 5 fully saturated rings. The van der Waals surface area contributed by atoms with Gasteiger partial charge in [0.2, 0.25) is 0 Å². The van der Waals surface area contributed by atoms with E-state index in [1.807, 2.05) is 28.9 Å². The number of nitrogens with one attached hydrogen (secondary N) is 1. The minimum absolute atomic E-state index is 0.162. The number of rotatable bonds is 9. The van der Waals surface area contributed by atoms with Gasteiger partial charge in [0.1, 0.15) is 17.6 Å². The molecule has 3 aromatic rings. The van der Waals surface area contributed by atoms with Crippen LogP contribution in [-0.2, 0) is 9.47 Å². The summed E-state index contributed by atoms with van der Waals surface area (Å²) in [6, 6.07) is 14.0. The number of amides is 1. The Hall–Kier alpha value is -2.63. The molecule has 46 heavy (non-hydrogen) atoms. The summed E-state index contributed by atoms with van der Waals surface area (Å²) < 4.78 is 27.4. The van der Waals surface area contributed by atoms with Crippen LogP contribution in [0.1, 0.15) is 88.7 Å². The van der Waals surface area contributed by atoms with Crippen molar-refractivity contribution in [3.8, 4) is 28.4 Å². The van der Waals surface area contributed by atoms with E-state index in [2.05, 4.69) is 80.7 Å². The minimum atomic E-state index is -0.474. The van der Waals surface area contributed by atoms with E-state index in [0.717, 1.165) is 63.6 Å². The number of hydrogen-bond donors (Lipinski definition) is 1. The zero-order chi connectivity index (χ0) is 32.5. The Bertz CT molecular complexity index is 1590. The molecule has 8 nitrogen and oxygen atoms in total. The number of benzene rings is 2. The van der Waals surface area contributed by atoms with Crippen molar-refractivity contribution >= 4 is 28.5 Å². The lowest BCUT2D eigenvalue weighted by Gasteiger charge is -2.61. The molecule has 2 unspecified atom stereocenters. The van der Waals surface area contributed by atoms with Crippen LogP contribution < -0.4 is 14.8 Å². The van der Waals surface area contributed by atoms with E-state index in [0.29, 0.717) is 29.0 Å². The highest BCUT2D eigenvalue weighted by atomic mass is 127. The summed E-state index contributed by atoms with van der Waals surface area (Å²) >= 11 is 2.35. The Morgan fingerprint density at radius 2 is 1.63 bits per heavy atom. The van der Waals surface area contributed by atoms with Crippen LogP contribution in [0.5, 0.6) is 11.5 Å². The van der Waals surface area contributed by atoms with E-state index in [-0.39, 0.29) is 29.8 Å². The van der Waals surface area contributed by atoms with Crippen molar-refractivity contribution in [1.29, 1.82) is 0 Å². The smallest absolute Gasteiger partial charge is 0.272 e. The molecule has 1 amide bonds. The predicted octanol–water partition coefficient (Wildman–Crippen LogP) is 7.75. The Morgan fingerprint density at radius 3 is 2.20 bits per heavy atom. The lowest BCUT2D eigenvalue weighted by atomic mass is 9.47. The number of aromatic nitrogens is 2. The summed E-state index contributed by atoms with van der Waals surface area (Å²) in [5.74, 6) is 3.58. The van der Waals surface area contributed by atoms with Crippen LogP contribution in [0.3, 0.4) is 0 Å². The Labute approximate surface area is 286 Å². The van der Waals surface area contributed by atoms with Gasteiger partial charge in [0, 0.05) is 3.57 Å². The number of carbonyl (C=O) groups excluding carboxylic acids is 1. The molecule has 4 bridgehead atoms. The van der Waals surface area contributed by atoms with Gasteiger partial charge in [-0.1, -0.05) is 19.9 Å². The van der Waals surface area contributed by atoms with Crippen molar-refractivity contribution in [1.82, 2.24) is 15.1 Å². The van der Waals surface area contributed by atoms with E-state index in [4.69, 9.17) is 24.0 Å². The topological polar surface area (TPSA) is 87.1 Å². The maximum Gasteiger partial charge on any atom is 0.272 e. The summed E-state index contributed by atoms with van der Waals surface area (Å²) in [6.07, 6.45) is 5.38. The Kier molecular flexibility index (Phi) is 8.20. The van der Waals surface area contributed by atoms with Gasteiger partial charge in [0.15, 0.2) is 12.0 Å². The average Bonchev–Trinajstić information content (AvgIpc) is 3.61. The molecule has 9 heteroatoms. The zero-order valence-corrected chi connectivity index (χ0v) is 30.1. The largest absolute Gasteiger partial charge is 0.496 e. The first-order valence-electron chi connectivity index (χ1n) is 16.7. The minimum Gasteiger partial charge on any atom is -0.496 e. The molecule has 1 saturated heterocycles. The van der Waals surface area contributed by atoms with E-state index in [1.165, 1.54) is 6.42 Å². The first kappa shape index (κ1) is 31.9. The zero-order valence-electron chi connectivity index (χ0n) is 27.9. The third-order valence-electron chi connectivity index (χ3n) is 10.7. The molecule has 5 aliphatic rings. The molecule has 1 N–H and O–H groups in total. The van der Waals surface area contributed by atoms with Gasteiger partial charge in [0.25, 0.3) is 5.91 Å². The van der Waals surface area contributed by atoms with Gasteiger partial charge in [-0.3, -0.25) is 4.79 Å². The molecule has 4 saturated carbocycles. The summed E-state index contributed by atoms with van der Waals surface area (Å²) in [5, 5.41) is 8.70. The molecular formula is C37H46IN3O5. The monoisotopic (exact) mass is 739 g/mol. The van der Waals surface area contributed by atoms with Gasteiger partial charge in [0.05, 0.1) is 42.3 Å². The number of ether oxygens (including phenoxy) is 4. The number of epoxide rings is 1. The Balaban J connectivity index is 1.33. The molecule has 2 atom stereocenters. The second-order valence-electron chi connectivity index (χ2n) is 15.1. The molecule has 1 aromatic heterocycles. The number of hydrogen-bond acceptors (Lipinski definition) is 6. The second-order valence-corrected chi connectivity index (χ2v) is 16.3. The van der Waals surface area contributed by atoms with Gasteiger partial charge in [-0.05, 0) is 147 Å². The highest BCUT2D eigenvalue weighted by Gasteiger charge is 2.68. The quantitative estimate of drug-likeness (QED) is 0.179. The van der Waals surface area contributed by atoms with Gasteiger partial charge < -0.3 is 24.3 Å². The molecule has 4 aliphatic carbocycles. The van der Waals surface area contributed by atoms with E-state index in [1.54, 1.807) is 14.2 Å². The third kappa shape index (κ3) is 5.53. The maximum absolute atomic E-state index is 14.6. The van der Waals surface area contributed by atoms with Crippen LogP contribution in [0.4, 0.5) is 0 Å². The Morgan fingerprint density at radius 1 is 1.00 bits per heavy atom. The van der Waals surface area contributed by atoms with Crippen LogP contribution in [0.25, 0.3) is 16.9 Å². The molecule has 0 radical (unpaired) electrons. The number of halogens is 1. The fraction of sp³-hybridized carbons (Fsp3) is 0.568. The highest BCUT2D eigenvalue weighted by molar-refractivity contribution is 14.1. The molecule has 2 heterocycles. The van der Waals surface area contributed by atoms with Crippen molar-refractivity contribution in [2.45, 2.75) is 96.2 Å². The molecule has 8 rings (SSSR count). The molecule has 0 spiro atoms. The second kappa shape index (κ2) is 11.8. The third-order valence-corrected chi connectivity index (χ3v) is 11.3. The maximum atomic E-state index is 14.6.